The van der Waals surface area contributed by atoms with Gasteiger partial charge in [-0.25, -0.2) is 4.79 Å². The van der Waals surface area contributed by atoms with Gasteiger partial charge in [-0.15, -0.1) is 0 Å². The van der Waals surface area contributed by atoms with Crippen LogP contribution in [-0.4, -0.2) is 24.3 Å². The second-order valence-electron chi connectivity index (χ2n) is 7.22. The van der Waals surface area contributed by atoms with Crippen molar-refractivity contribution in [2.24, 2.45) is 0 Å². The van der Waals surface area contributed by atoms with Gasteiger partial charge in [0.2, 0.25) is 5.91 Å². The van der Waals surface area contributed by atoms with Gasteiger partial charge in [-0.2, -0.15) is 5.26 Å². The first-order valence-corrected chi connectivity index (χ1v) is 9.73. The number of nitrogens with zero attached hydrogens (tertiary/aromatic N) is 1. The van der Waals surface area contributed by atoms with Crippen LogP contribution in [-0.2, 0) is 9.53 Å². The third-order valence-corrected chi connectivity index (χ3v) is 5.31. The van der Waals surface area contributed by atoms with Gasteiger partial charge in [0.15, 0.2) is 12.4 Å². The van der Waals surface area contributed by atoms with Gasteiger partial charge in [0.1, 0.15) is 0 Å². The van der Waals surface area contributed by atoms with E-state index in [1.807, 2.05) is 0 Å². The molecular weight excluding hydrogens is 392 g/mol. The fraction of sp³-hybridized carbons (Fsp3) is 0.120. The Balaban J connectivity index is 1.53. The molecule has 0 saturated carbocycles. The second-order valence-corrected chi connectivity index (χ2v) is 7.22. The van der Waals surface area contributed by atoms with E-state index in [1.54, 1.807) is 73.7 Å². The molecule has 3 aromatic carbocycles. The highest BCUT2D eigenvalue weighted by atomic mass is 16.5. The predicted octanol–water partition coefficient (Wildman–Crippen LogP) is 4.32. The molecule has 0 aliphatic carbocycles. The Morgan fingerprint density at radius 2 is 1.74 bits per heavy atom. The van der Waals surface area contributed by atoms with Gasteiger partial charge >= 0.3 is 5.97 Å². The maximum absolute atomic E-state index is 12.7. The van der Waals surface area contributed by atoms with Crippen molar-refractivity contribution in [3.63, 3.8) is 0 Å². The minimum Gasteiger partial charge on any atom is -0.454 e. The molecule has 0 saturated heterocycles. The van der Waals surface area contributed by atoms with Crippen molar-refractivity contribution >= 4 is 23.3 Å². The molecule has 0 fully saturated rings. The number of anilines is 1. The first-order valence-electron chi connectivity index (χ1n) is 9.73. The number of nitrogens with one attached hydrogen (secondary N) is 1. The van der Waals surface area contributed by atoms with Gasteiger partial charge in [-0.05, 0) is 48.4 Å². The lowest BCUT2D eigenvalue weighted by atomic mass is 9.96. The number of fused-ring (bicyclic) bond motifs is 1. The van der Waals surface area contributed by atoms with Crippen molar-refractivity contribution in [3.05, 3.63) is 89.0 Å². The highest BCUT2D eigenvalue weighted by Gasteiger charge is 2.27. The van der Waals surface area contributed by atoms with Crippen LogP contribution in [0.4, 0.5) is 5.69 Å². The van der Waals surface area contributed by atoms with E-state index >= 15 is 0 Å². The molecule has 0 bridgehead atoms. The van der Waals surface area contributed by atoms with Crippen LogP contribution >= 0.6 is 0 Å². The summed E-state index contributed by atoms with van der Waals surface area (Å²) in [5, 5.41) is 12.1. The summed E-state index contributed by atoms with van der Waals surface area (Å²) in [6, 6.07) is 20.8. The second kappa shape index (κ2) is 8.25. The topological polar surface area (TPSA) is 96.3 Å². The fourth-order valence-electron chi connectivity index (χ4n) is 3.59. The van der Waals surface area contributed by atoms with E-state index in [4.69, 9.17) is 4.74 Å². The molecule has 1 aliphatic heterocycles. The summed E-state index contributed by atoms with van der Waals surface area (Å²) in [6.07, 6.45) is 0. The molecule has 1 atom stereocenters. The standard InChI is InChI=1S/C25H18N2O4/c1-15-21-12-16(10-11-22(21)27-24(15)29)23(28)14-31-25(30)20-9-5-4-8-19(20)18-7-3-2-6-17(18)13-26/h2-12,15H,14H2,1H3,(H,27,29)/t15-/m1/s1. The zero-order valence-electron chi connectivity index (χ0n) is 16.7. The summed E-state index contributed by atoms with van der Waals surface area (Å²) in [4.78, 5) is 37.1. The van der Waals surface area contributed by atoms with Crippen molar-refractivity contribution in [2.75, 3.05) is 11.9 Å². The number of nitriles is 1. The number of benzene rings is 3. The molecule has 1 N–H and O–H groups in total. The molecule has 1 aliphatic rings. The highest BCUT2D eigenvalue weighted by molar-refractivity contribution is 6.05. The third-order valence-electron chi connectivity index (χ3n) is 5.31. The first-order chi connectivity index (χ1) is 15.0. The Kier molecular flexibility index (Phi) is 5.33. The Morgan fingerprint density at radius 3 is 2.52 bits per heavy atom. The SMILES string of the molecule is C[C@H]1C(=O)Nc2ccc(C(=O)COC(=O)c3ccccc3-c3ccccc3C#N)cc21. The van der Waals surface area contributed by atoms with Crippen LogP contribution in [0, 0.1) is 11.3 Å². The lowest BCUT2D eigenvalue weighted by molar-refractivity contribution is -0.116. The van der Waals surface area contributed by atoms with Gasteiger partial charge in [-0.1, -0.05) is 36.4 Å². The zero-order valence-corrected chi connectivity index (χ0v) is 16.7. The predicted molar refractivity (Wildman–Crippen MR) is 115 cm³/mol. The number of carbonyl (C=O) groups is 3. The number of ether oxygens (including phenoxy) is 1. The van der Waals surface area contributed by atoms with Gasteiger partial charge < -0.3 is 10.1 Å². The minimum absolute atomic E-state index is 0.111. The van der Waals surface area contributed by atoms with Crippen LogP contribution in [0.2, 0.25) is 0 Å². The summed E-state index contributed by atoms with van der Waals surface area (Å²) in [7, 11) is 0. The maximum Gasteiger partial charge on any atom is 0.339 e. The van der Waals surface area contributed by atoms with E-state index in [0.717, 1.165) is 5.56 Å². The Bertz CT molecular complexity index is 1260. The van der Waals surface area contributed by atoms with Crippen molar-refractivity contribution in [1.82, 2.24) is 0 Å². The minimum atomic E-state index is -0.650. The average Bonchev–Trinajstić information content (AvgIpc) is 3.10. The Labute approximate surface area is 179 Å². The third kappa shape index (κ3) is 3.81. The molecule has 6 heteroatoms. The lowest BCUT2D eigenvalue weighted by Gasteiger charge is -2.11. The van der Waals surface area contributed by atoms with E-state index in [0.29, 0.717) is 27.9 Å². The average molecular weight is 410 g/mol. The molecular formula is C25H18N2O4. The van der Waals surface area contributed by atoms with Crippen LogP contribution in [0.5, 0.6) is 0 Å². The molecule has 31 heavy (non-hydrogen) atoms. The molecule has 4 rings (SSSR count). The van der Waals surface area contributed by atoms with Crippen LogP contribution in [0.3, 0.4) is 0 Å². The van der Waals surface area contributed by atoms with E-state index in [9.17, 15) is 19.6 Å². The monoisotopic (exact) mass is 410 g/mol. The van der Waals surface area contributed by atoms with E-state index < -0.39 is 12.6 Å². The summed E-state index contributed by atoms with van der Waals surface area (Å²) in [6.45, 7) is 1.34. The fourth-order valence-corrected chi connectivity index (χ4v) is 3.59. The smallest absolute Gasteiger partial charge is 0.339 e. The van der Waals surface area contributed by atoms with Crippen molar-refractivity contribution < 1.29 is 19.1 Å². The molecule has 0 spiro atoms. The summed E-state index contributed by atoms with van der Waals surface area (Å²) >= 11 is 0. The van der Waals surface area contributed by atoms with Gasteiger partial charge in [0.05, 0.1) is 23.1 Å². The zero-order chi connectivity index (χ0) is 22.0. The number of amides is 1. The van der Waals surface area contributed by atoms with Crippen LogP contribution < -0.4 is 5.32 Å². The molecule has 1 amide bonds. The van der Waals surface area contributed by atoms with Crippen LogP contribution in [0.15, 0.2) is 66.7 Å². The number of hydrogen-bond acceptors (Lipinski definition) is 5. The molecule has 1 heterocycles. The van der Waals surface area contributed by atoms with Crippen molar-refractivity contribution in [1.29, 1.82) is 5.26 Å². The molecule has 0 unspecified atom stereocenters. The van der Waals surface area contributed by atoms with Crippen molar-refractivity contribution in [3.8, 4) is 17.2 Å². The first kappa shape index (κ1) is 20.0. The Hall–Kier alpha value is -4.24. The van der Waals surface area contributed by atoms with Crippen LogP contribution in [0.25, 0.3) is 11.1 Å². The lowest BCUT2D eigenvalue weighted by Crippen LogP contribution is -2.15. The van der Waals surface area contributed by atoms with E-state index in [2.05, 4.69) is 11.4 Å². The summed E-state index contributed by atoms with van der Waals surface area (Å²) in [5.74, 6) is -1.46. The van der Waals surface area contributed by atoms with Gasteiger partial charge in [-0.3, -0.25) is 9.59 Å². The number of rotatable bonds is 5. The normalized spacial score (nSPS) is 14.3. The van der Waals surface area contributed by atoms with Gasteiger partial charge in [0.25, 0.3) is 0 Å². The van der Waals surface area contributed by atoms with Crippen molar-refractivity contribution in [2.45, 2.75) is 12.8 Å². The number of hydrogen-bond donors (Lipinski definition) is 1. The van der Waals surface area contributed by atoms with E-state index in [-0.39, 0.29) is 23.2 Å². The summed E-state index contributed by atoms with van der Waals surface area (Å²) in [5.41, 5.74) is 3.71. The quantitative estimate of drug-likeness (QED) is 0.499. The number of esters is 1. The molecule has 6 nitrogen and oxygen atoms in total. The van der Waals surface area contributed by atoms with Crippen LogP contribution in [0.1, 0.15) is 44.7 Å². The molecule has 0 aromatic heterocycles. The van der Waals surface area contributed by atoms with Gasteiger partial charge in [0, 0.05) is 16.8 Å². The highest BCUT2D eigenvalue weighted by Crippen LogP contribution is 2.33. The molecule has 0 radical (unpaired) electrons. The van der Waals surface area contributed by atoms with E-state index in [1.165, 1.54) is 0 Å². The Morgan fingerprint density at radius 1 is 1.03 bits per heavy atom. The number of ketones is 1. The number of Topliss-reactive ketones (excluding diaryl/α,β-unsaturated/α-hetero) is 1. The largest absolute Gasteiger partial charge is 0.454 e. The molecule has 3 aromatic rings. The molecule has 152 valence electrons. The number of carbonyl (C=O) groups excluding carboxylic acids is 3. The summed E-state index contributed by atoms with van der Waals surface area (Å²) < 4.78 is 5.29. The maximum atomic E-state index is 12.7.